The molecule has 6 rings (SSSR count). The summed E-state index contributed by atoms with van der Waals surface area (Å²) in [6, 6.07) is 25.9. The van der Waals surface area contributed by atoms with Gasteiger partial charge in [-0.05, 0) is 34.2 Å². The van der Waals surface area contributed by atoms with Gasteiger partial charge in [-0.3, -0.25) is 4.90 Å². The molecule has 0 radical (unpaired) electrons. The summed E-state index contributed by atoms with van der Waals surface area (Å²) >= 11 is 0. The van der Waals surface area contributed by atoms with E-state index in [1.54, 1.807) is 4.90 Å². The van der Waals surface area contributed by atoms with Crippen molar-refractivity contribution in [3.8, 4) is 11.1 Å². The molecule has 7 nitrogen and oxygen atoms in total. The average Bonchev–Trinajstić information content (AvgIpc) is 3.44. The lowest BCUT2D eigenvalue weighted by atomic mass is 9.98. The molecule has 0 spiro atoms. The first-order chi connectivity index (χ1) is 17.6. The Morgan fingerprint density at radius 3 is 2.19 bits per heavy atom. The van der Waals surface area contributed by atoms with E-state index in [2.05, 4.69) is 24.3 Å². The fourth-order valence-corrected chi connectivity index (χ4v) is 5.58. The van der Waals surface area contributed by atoms with E-state index in [4.69, 9.17) is 18.9 Å². The SMILES string of the molecule is COC(=O)[C@@H]1O[C@@H]2O[C@H]1CN(C(=O)OCC1c3ccccc3-c3ccccc31)[C@H]2Cc1ccccc1. The Balaban J connectivity index is 1.23. The van der Waals surface area contributed by atoms with E-state index >= 15 is 0 Å². The Morgan fingerprint density at radius 1 is 0.889 bits per heavy atom. The van der Waals surface area contributed by atoms with Crippen LogP contribution in [0.25, 0.3) is 11.1 Å². The first-order valence-electron chi connectivity index (χ1n) is 12.2. The van der Waals surface area contributed by atoms with Crippen molar-refractivity contribution in [3.63, 3.8) is 0 Å². The highest BCUT2D eigenvalue weighted by atomic mass is 16.7. The predicted molar refractivity (Wildman–Crippen MR) is 131 cm³/mol. The molecule has 2 fully saturated rings. The number of nitrogens with zero attached hydrogens (tertiary/aromatic N) is 1. The summed E-state index contributed by atoms with van der Waals surface area (Å²) in [6.45, 7) is 0.406. The molecule has 1 aliphatic carbocycles. The first kappa shape index (κ1) is 22.8. The number of carbonyl (C=O) groups excluding carboxylic acids is 2. The minimum atomic E-state index is -0.871. The lowest BCUT2D eigenvalue weighted by Crippen LogP contribution is -2.55. The Bertz CT molecular complexity index is 1230. The highest BCUT2D eigenvalue weighted by Crippen LogP contribution is 2.44. The number of benzene rings is 3. The van der Waals surface area contributed by atoms with Gasteiger partial charge in [-0.1, -0.05) is 78.9 Å². The number of hydrogen-bond acceptors (Lipinski definition) is 6. The van der Waals surface area contributed by atoms with Crippen LogP contribution in [0.15, 0.2) is 78.9 Å². The molecule has 7 heteroatoms. The quantitative estimate of drug-likeness (QED) is 0.506. The van der Waals surface area contributed by atoms with Gasteiger partial charge in [0.2, 0.25) is 0 Å². The lowest BCUT2D eigenvalue weighted by molar-refractivity contribution is -0.158. The smallest absolute Gasteiger partial charge is 0.410 e. The number of ether oxygens (including phenoxy) is 4. The second-order valence-corrected chi connectivity index (χ2v) is 9.34. The molecule has 0 saturated carbocycles. The van der Waals surface area contributed by atoms with Crippen molar-refractivity contribution in [2.45, 2.75) is 36.9 Å². The summed E-state index contributed by atoms with van der Waals surface area (Å²) in [4.78, 5) is 27.4. The van der Waals surface area contributed by atoms with Gasteiger partial charge in [-0.15, -0.1) is 0 Å². The number of hydrogen-bond donors (Lipinski definition) is 0. The van der Waals surface area contributed by atoms with Gasteiger partial charge in [0.15, 0.2) is 12.4 Å². The van der Waals surface area contributed by atoms with Crippen LogP contribution in [0.2, 0.25) is 0 Å². The van der Waals surface area contributed by atoms with Gasteiger partial charge in [-0.2, -0.15) is 0 Å². The van der Waals surface area contributed by atoms with Crippen LogP contribution in [0.3, 0.4) is 0 Å². The van der Waals surface area contributed by atoms with Crippen LogP contribution >= 0.6 is 0 Å². The third kappa shape index (κ3) is 3.94. The van der Waals surface area contributed by atoms with Crippen LogP contribution in [0.4, 0.5) is 4.79 Å². The van der Waals surface area contributed by atoms with E-state index in [1.165, 1.54) is 18.2 Å². The molecule has 2 heterocycles. The Morgan fingerprint density at radius 2 is 1.53 bits per heavy atom. The number of amides is 1. The number of morpholine rings is 1. The van der Waals surface area contributed by atoms with Crippen molar-refractivity contribution in [1.29, 1.82) is 0 Å². The zero-order valence-corrected chi connectivity index (χ0v) is 19.9. The molecule has 1 amide bonds. The molecule has 184 valence electrons. The highest BCUT2D eigenvalue weighted by molar-refractivity contribution is 5.79. The fourth-order valence-electron chi connectivity index (χ4n) is 5.58. The normalized spacial score (nSPS) is 24.2. The zero-order chi connectivity index (χ0) is 24.6. The first-order valence-corrected chi connectivity index (χ1v) is 12.2. The molecular formula is C29H27NO6. The Kier molecular flexibility index (Phi) is 5.95. The van der Waals surface area contributed by atoms with Gasteiger partial charge in [0.25, 0.3) is 0 Å². The molecule has 3 aliphatic rings. The Labute approximate surface area is 209 Å². The van der Waals surface area contributed by atoms with Gasteiger partial charge in [-0.25, -0.2) is 9.59 Å². The molecular weight excluding hydrogens is 458 g/mol. The molecule has 36 heavy (non-hydrogen) atoms. The standard InChI is InChI=1S/C29H27NO6/c1-33-27(31)26-25-16-30(24(28(35-25)36-26)15-18-9-3-2-4-10-18)29(32)34-17-23-21-13-7-5-11-19(21)20-12-6-8-14-22(20)23/h2-14,23-26,28H,15-17H2,1H3/t24-,25-,26+,28-/m0/s1. The molecule has 0 aromatic heterocycles. The fraction of sp³-hybridized carbons (Fsp3) is 0.310. The maximum atomic E-state index is 13.5. The number of rotatable bonds is 5. The number of esters is 1. The molecule has 2 bridgehead atoms. The lowest BCUT2D eigenvalue weighted by Gasteiger charge is -2.38. The van der Waals surface area contributed by atoms with E-state index < -0.39 is 36.6 Å². The topological polar surface area (TPSA) is 74.3 Å². The van der Waals surface area contributed by atoms with Crippen molar-refractivity contribution in [3.05, 3.63) is 95.6 Å². The summed E-state index contributed by atoms with van der Waals surface area (Å²) in [7, 11) is 1.32. The van der Waals surface area contributed by atoms with Gasteiger partial charge >= 0.3 is 12.1 Å². The minimum Gasteiger partial charge on any atom is -0.467 e. The molecule has 3 aromatic carbocycles. The predicted octanol–water partition coefficient (Wildman–Crippen LogP) is 4.15. The summed E-state index contributed by atoms with van der Waals surface area (Å²) in [5, 5.41) is 0. The summed E-state index contributed by atoms with van der Waals surface area (Å²) in [5.74, 6) is -0.541. The molecule has 4 atom stereocenters. The highest BCUT2D eigenvalue weighted by Gasteiger charge is 2.53. The maximum Gasteiger partial charge on any atom is 0.410 e. The van der Waals surface area contributed by atoms with Gasteiger partial charge in [0, 0.05) is 5.92 Å². The summed E-state index contributed by atoms with van der Waals surface area (Å²) < 4.78 is 22.8. The van der Waals surface area contributed by atoms with Crippen LogP contribution in [-0.4, -0.2) is 61.8 Å². The van der Waals surface area contributed by atoms with Crippen LogP contribution in [0, 0.1) is 0 Å². The van der Waals surface area contributed by atoms with E-state index in [0.29, 0.717) is 6.42 Å². The number of fused-ring (bicyclic) bond motifs is 5. The van der Waals surface area contributed by atoms with Crippen LogP contribution in [0.5, 0.6) is 0 Å². The van der Waals surface area contributed by atoms with E-state index in [1.807, 2.05) is 54.6 Å². The maximum absolute atomic E-state index is 13.5. The van der Waals surface area contributed by atoms with E-state index in [-0.39, 0.29) is 19.1 Å². The van der Waals surface area contributed by atoms with Gasteiger partial charge in [0.05, 0.1) is 19.7 Å². The second-order valence-electron chi connectivity index (χ2n) is 9.34. The average molecular weight is 486 g/mol. The molecule has 2 aliphatic heterocycles. The molecule has 3 aromatic rings. The van der Waals surface area contributed by atoms with Crippen molar-refractivity contribution >= 4 is 12.1 Å². The largest absolute Gasteiger partial charge is 0.467 e. The van der Waals surface area contributed by atoms with Crippen molar-refractivity contribution in [1.82, 2.24) is 4.90 Å². The molecule has 0 unspecified atom stereocenters. The monoisotopic (exact) mass is 485 g/mol. The number of carbonyl (C=O) groups is 2. The van der Waals surface area contributed by atoms with Crippen LogP contribution < -0.4 is 0 Å². The van der Waals surface area contributed by atoms with Crippen molar-refractivity contribution in [2.24, 2.45) is 0 Å². The third-order valence-corrected chi connectivity index (χ3v) is 7.31. The third-order valence-electron chi connectivity index (χ3n) is 7.31. The van der Waals surface area contributed by atoms with Gasteiger partial charge in [0.1, 0.15) is 12.7 Å². The van der Waals surface area contributed by atoms with Gasteiger partial charge < -0.3 is 18.9 Å². The van der Waals surface area contributed by atoms with E-state index in [0.717, 1.165) is 16.7 Å². The molecule has 2 saturated heterocycles. The zero-order valence-electron chi connectivity index (χ0n) is 19.9. The van der Waals surface area contributed by atoms with E-state index in [9.17, 15) is 9.59 Å². The van der Waals surface area contributed by atoms with Crippen LogP contribution in [0.1, 0.15) is 22.6 Å². The van der Waals surface area contributed by atoms with Crippen LogP contribution in [-0.2, 0) is 30.2 Å². The van der Waals surface area contributed by atoms with Crippen molar-refractivity contribution < 1.29 is 28.5 Å². The number of methoxy groups -OCH3 is 1. The Hall–Kier alpha value is -3.68. The second kappa shape index (κ2) is 9.41. The summed E-state index contributed by atoms with van der Waals surface area (Å²) in [6.07, 6.45) is -2.14. The summed E-state index contributed by atoms with van der Waals surface area (Å²) in [5.41, 5.74) is 5.70. The van der Waals surface area contributed by atoms with Crippen molar-refractivity contribution in [2.75, 3.05) is 20.3 Å². The molecule has 0 N–H and O–H groups in total. The minimum absolute atomic E-state index is 0.0363.